The van der Waals surface area contributed by atoms with E-state index < -0.39 is 10.6 Å². The Bertz CT molecular complexity index is 348. The SMILES string of the molecule is CCc1ccc(O)c(C(=O)C(Cl)Cl)c1. The standard InChI is InChI=1S/C10H10Cl2O2/c1-2-6-3-4-8(13)7(5-6)9(14)10(11)12/h3-5,10,13H,2H2,1H3. The van der Waals surface area contributed by atoms with Crippen LogP contribution in [0.5, 0.6) is 5.75 Å². The number of aromatic hydroxyl groups is 1. The second-order valence-electron chi connectivity index (χ2n) is 2.87. The van der Waals surface area contributed by atoms with Crippen LogP contribution in [-0.2, 0) is 6.42 Å². The van der Waals surface area contributed by atoms with Gasteiger partial charge in [0.05, 0.1) is 5.56 Å². The molecule has 0 spiro atoms. The number of aryl methyl sites for hydroxylation is 1. The fraction of sp³-hybridized carbons (Fsp3) is 0.300. The van der Waals surface area contributed by atoms with Gasteiger partial charge in [-0.3, -0.25) is 4.79 Å². The van der Waals surface area contributed by atoms with Crippen molar-refractivity contribution in [1.29, 1.82) is 0 Å². The van der Waals surface area contributed by atoms with Crippen molar-refractivity contribution in [2.24, 2.45) is 0 Å². The molecule has 0 bridgehead atoms. The number of hydrogen-bond acceptors (Lipinski definition) is 2. The van der Waals surface area contributed by atoms with E-state index in [9.17, 15) is 9.90 Å². The van der Waals surface area contributed by atoms with Crippen molar-refractivity contribution in [3.8, 4) is 5.75 Å². The first-order valence-electron chi connectivity index (χ1n) is 4.20. The van der Waals surface area contributed by atoms with Crippen molar-refractivity contribution in [3.05, 3.63) is 29.3 Å². The van der Waals surface area contributed by atoms with Crippen LogP contribution in [0.2, 0.25) is 0 Å². The lowest BCUT2D eigenvalue weighted by Gasteiger charge is -2.05. The summed E-state index contributed by atoms with van der Waals surface area (Å²) in [6.07, 6.45) is 0.787. The molecule has 2 nitrogen and oxygen atoms in total. The molecule has 0 radical (unpaired) electrons. The summed E-state index contributed by atoms with van der Waals surface area (Å²) in [5.41, 5.74) is 1.14. The van der Waals surface area contributed by atoms with Crippen LogP contribution < -0.4 is 0 Å². The largest absolute Gasteiger partial charge is 0.507 e. The lowest BCUT2D eigenvalue weighted by atomic mass is 10.1. The highest BCUT2D eigenvalue weighted by Gasteiger charge is 2.18. The first-order valence-corrected chi connectivity index (χ1v) is 5.07. The second-order valence-corrected chi connectivity index (χ2v) is 3.97. The molecule has 76 valence electrons. The summed E-state index contributed by atoms with van der Waals surface area (Å²) in [7, 11) is 0. The third-order valence-electron chi connectivity index (χ3n) is 1.93. The number of phenols is 1. The number of alkyl halides is 2. The van der Waals surface area contributed by atoms with Gasteiger partial charge >= 0.3 is 0 Å². The monoisotopic (exact) mass is 232 g/mol. The Kier molecular flexibility index (Phi) is 3.78. The Morgan fingerprint density at radius 1 is 1.50 bits per heavy atom. The van der Waals surface area contributed by atoms with Crippen LogP contribution >= 0.6 is 23.2 Å². The van der Waals surface area contributed by atoms with Crippen molar-refractivity contribution in [3.63, 3.8) is 0 Å². The third-order valence-corrected chi connectivity index (χ3v) is 2.33. The van der Waals surface area contributed by atoms with Gasteiger partial charge < -0.3 is 5.11 Å². The molecule has 0 aliphatic carbocycles. The highest BCUT2D eigenvalue weighted by atomic mass is 35.5. The summed E-state index contributed by atoms with van der Waals surface area (Å²) < 4.78 is 0. The second kappa shape index (κ2) is 4.67. The van der Waals surface area contributed by atoms with E-state index in [0.717, 1.165) is 12.0 Å². The molecular formula is C10H10Cl2O2. The molecule has 1 rings (SSSR count). The van der Waals surface area contributed by atoms with Gasteiger partial charge in [0.25, 0.3) is 0 Å². The van der Waals surface area contributed by atoms with Gasteiger partial charge in [0.1, 0.15) is 5.75 Å². The molecule has 0 aliphatic rings. The molecule has 0 aliphatic heterocycles. The number of carbonyl (C=O) groups excluding carboxylic acids is 1. The minimum absolute atomic E-state index is 0.0847. The summed E-state index contributed by atoms with van der Waals surface area (Å²) in [4.78, 5) is 10.3. The van der Waals surface area contributed by atoms with Gasteiger partial charge in [0, 0.05) is 0 Å². The highest BCUT2D eigenvalue weighted by Crippen LogP contribution is 2.23. The van der Waals surface area contributed by atoms with Crippen LogP contribution in [0.1, 0.15) is 22.8 Å². The number of benzene rings is 1. The first-order chi connectivity index (χ1) is 6.56. The zero-order valence-corrected chi connectivity index (χ0v) is 9.14. The summed E-state index contributed by atoms with van der Waals surface area (Å²) in [5.74, 6) is -0.556. The van der Waals surface area contributed by atoms with Crippen molar-refractivity contribution in [1.82, 2.24) is 0 Å². The maximum atomic E-state index is 11.4. The van der Waals surface area contributed by atoms with E-state index in [0.29, 0.717) is 0 Å². The van der Waals surface area contributed by atoms with E-state index in [1.807, 2.05) is 6.92 Å². The van der Waals surface area contributed by atoms with E-state index >= 15 is 0 Å². The molecular weight excluding hydrogens is 223 g/mol. The third kappa shape index (κ3) is 2.40. The number of Topliss-reactive ketones (excluding diaryl/α,β-unsaturated/α-hetero) is 1. The molecule has 0 aromatic heterocycles. The summed E-state index contributed by atoms with van der Waals surface area (Å²) in [6, 6.07) is 4.83. The summed E-state index contributed by atoms with van der Waals surface area (Å²) in [5, 5.41) is 9.41. The van der Waals surface area contributed by atoms with Crippen LogP contribution in [0.3, 0.4) is 0 Å². The minimum Gasteiger partial charge on any atom is -0.507 e. The highest BCUT2D eigenvalue weighted by molar-refractivity contribution is 6.55. The van der Waals surface area contributed by atoms with Crippen LogP contribution in [0.15, 0.2) is 18.2 Å². The van der Waals surface area contributed by atoms with E-state index in [2.05, 4.69) is 0 Å². The summed E-state index contributed by atoms with van der Waals surface area (Å²) in [6.45, 7) is 1.96. The first kappa shape index (κ1) is 11.3. The fourth-order valence-electron chi connectivity index (χ4n) is 1.12. The van der Waals surface area contributed by atoms with Crippen LogP contribution in [0.4, 0.5) is 0 Å². The number of hydrogen-bond donors (Lipinski definition) is 1. The molecule has 0 heterocycles. The number of rotatable bonds is 3. The van der Waals surface area contributed by atoms with Crippen molar-refractivity contribution >= 4 is 29.0 Å². The number of ketones is 1. The van der Waals surface area contributed by atoms with Crippen LogP contribution in [-0.4, -0.2) is 15.7 Å². The Labute approximate surface area is 92.5 Å². The van der Waals surface area contributed by atoms with Gasteiger partial charge in [0.15, 0.2) is 10.6 Å². The molecule has 0 saturated carbocycles. The molecule has 0 amide bonds. The maximum absolute atomic E-state index is 11.4. The average molecular weight is 233 g/mol. The van der Waals surface area contributed by atoms with Gasteiger partial charge in [-0.1, -0.05) is 36.2 Å². The quantitative estimate of drug-likeness (QED) is 0.643. The molecule has 1 aromatic rings. The van der Waals surface area contributed by atoms with Gasteiger partial charge in [-0.05, 0) is 24.1 Å². The normalized spacial score (nSPS) is 10.6. The zero-order chi connectivity index (χ0) is 10.7. The van der Waals surface area contributed by atoms with E-state index in [1.165, 1.54) is 6.07 Å². The van der Waals surface area contributed by atoms with Gasteiger partial charge in [-0.25, -0.2) is 0 Å². The van der Waals surface area contributed by atoms with Gasteiger partial charge in [-0.15, -0.1) is 0 Å². The Morgan fingerprint density at radius 2 is 2.14 bits per heavy atom. The Hall–Kier alpha value is -0.730. The molecule has 1 N–H and O–H groups in total. The summed E-state index contributed by atoms with van der Waals surface area (Å²) >= 11 is 10.9. The van der Waals surface area contributed by atoms with Crippen molar-refractivity contribution in [2.75, 3.05) is 0 Å². The molecule has 4 heteroatoms. The van der Waals surface area contributed by atoms with E-state index in [-0.39, 0.29) is 11.3 Å². The van der Waals surface area contributed by atoms with Crippen LogP contribution in [0.25, 0.3) is 0 Å². The molecule has 0 fully saturated rings. The topological polar surface area (TPSA) is 37.3 Å². The fourth-order valence-corrected chi connectivity index (χ4v) is 1.35. The minimum atomic E-state index is -1.13. The molecule has 0 unspecified atom stereocenters. The predicted molar refractivity (Wildman–Crippen MR) is 57.3 cm³/mol. The lowest BCUT2D eigenvalue weighted by molar-refractivity contribution is 0.100. The molecule has 1 aromatic carbocycles. The van der Waals surface area contributed by atoms with Gasteiger partial charge in [-0.2, -0.15) is 0 Å². The van der Waals surface area contributed by atoms with Gasteiger partial charge in [0.2, 0.25) is 0 Å². The smallest absolute Gasteiger partial charge is 0.199 e. The van der Waals surface area contributed by atoms with Crippen molar-refractivity contribution < 1.29 is 9.90 Å². The van der Waals surface area contributed by atoms with Crippen molar-refractivity contribution in [2.45, 2.75) is 18.2 Å². The Balaban J connectivity index is 3.12. The molecule has 0 atom stereocenters. The number of carbonyl (C=O) groups is 1. The molecule has 0 saturated heterocycles. The maximum Gasteiger partial charge on any atom is 0.199 e. The Morgan fingerprint density at radius 3 is 2.64 bits per heavy atom. The predicted octanol–water partition coefficient (Wildman–Crippen LogP) is 2.94. The van der Waals surface area contributed by atoms with Crippen LogP contribution in [0, 0.1) is 0 Å². The number of phenolic OH excluding ortho intramolecular Hbond substituents is 1. The number of halogens is 2. The van der Waals surface area contributed by atoms with E-state index in [1.54, 1.807) is 12.1 Å². The lowest BCUT2D eigenvalue weighted by Crippen LogP contribution is -2.08. The van der Waals surface area contributed by atoms with E-state index in [4.69, 9.17) is 23.2 Å². The zero-order valence-electron chi connectivity index (χ0n) is 7.63. The average Bonchev–Trinajstić information content (AvgIpc) is 2.17. The molecule has 14 heavy (non-hydrogen) atoms.